The first kappa shape index (κ1) is 18.8. The Hall–Kier alpha value is -2.22. The van der Waals surface area contributed by atoms with Crippen molar-refractivity contribution in [3.05, 3.63) is 58.9 Å². The maximum absolute atomic E-state index is 12.8. The molecule has 5 rings (SSSR count). The van der Waals surface area contributed by atoms with Gasteiger partial charge in [-0.05, 0) is 60.9 Å². The summed E-state index contributed by atoms with van der Waals surface area (Å²) in [5, 5.41) is 11.9. The molecule has 3 aliphatic rings. The molecule has 2 saturated heterocycles. The number of hydrogen-bond donors (Lipinski definition) is 3. The van der Waals surface area contributed by atoms with Crippen molar-refractivity contribution < 1.29 is 4.79 Å². The predicted molar refractivity (Wildman–Crippen MR) is 110 cm³/mol. The zero-order valence-electron chi connectivity index (χ0n) is 16.3. The van der Waals surface area contributed by atoms with Gasteiger partial charge in [-0.15, -0.1) is 0 Å². The first-order chi connectivity index (χ1) is 14.1. The third-order valence-electron chi connectivity index (χ3n) is 6.81. The molecule has 8 heteroatoms. The van der Waals surface area contributed by atoms with Crippen LogP contribution in [0.4, 0.5) is 4.79 Å². The maximum atomic E-state index is 12.8. The van der Waals surface area contributed by atoms with Crippen molar-refractivity contribution in [1.29, 1.82) is 0 Å². The van der Waals surface area contributed by atoms with Gasteiger partial charge in [0.2, 0.25) is 0 Å². The number of rotatable bonds is 3. The summed E-state index contributed by atoms with van der Waals surface area (Å²) in [7, 11) is 0. The highest BCUT2D eigenvalue weighted by atomic mass is 35.5. The molecule has 2 aromatic rings. The Bertz CT molecular complexity index is 878. The molecular formula is C21H25ClN6O. The summed E-state index contributed by atoms with van der Waals surface area (Å²) in [4.78, 5) is 14.8. The molecule has 2 amide bonds. The topological polar surface area (TPSA) is 82.2 Å². The number of fused-ring (bicyclic) bond motifs is 2. The van der Waals surface area contributed by atoms with Crippen molar-refractivity contribution in [2.24, 2.45) is 11.8 Å². The van der Waals surface area contributed by atoms with Gasteiger partial charge >= 0.3 is 6.03 Å². The fourth-order valence-electron chi connectivity index (χ4n) is 5.18. The number of amides is 2. The number of carbonyl (C=O) groups is 1. The standard InChI is InChI=1S/C21H25ClN6O/c1-12(13-2-4-16(22)5-3-13)28-11-15-8-17-19(9-18(15)25-21(28)29)26-27-20(17)14-6-7-23-24-10-14/h2-7,10,12,15,17-20,26-27H,8-9,11H2,1H3,(H,25,29)/t12-,15?,17?,18?,19?,20?/m1/s1. The van der Waals surface area contributed by atoms with Crippen LogP contribution >= 0.6 is 11.6 Å². The lowest BCUT2D eigenvalue weighted by Gasteiger charge is -2.47. The molecule has 1 aromatic carbocycles. The van der Waals surface area contributed by atoms with E-state index in [-0.39, 0.29) is 24.2 Å². The van der Waals surface area contributed by atoms with Crippen LogP contribution in [-0.4, -0.2) is 39.8 Å². The summed E-state index contributed by atoms with van der Waals surface area (Å²) in [6, 6.07) is 10.6. The Morgan fingerprint density at radius 3 is 2.69 bits per heavy atom. The second-order valence-corrected chi connectivity index (χ2v) is 8.82. The van der Waals surface area contributed by atoms with Crippen molar-refractivity contribution in [3.8, 4) is 0 Å². The van der Waals surface area contributed by atoms with E-state index in [1.807, 2.05) is 41.4 Å². The van der Waals surface area contributed by atoms with Gasteiger partial charge in [0.15, 0.2) is 0 Å². The normalized spacial score (nSPS) is 32.3. The predicted octanol–water partition coefficient (Wildman–Crippen LogP) is 2.83. The van der Waals surface area contributed by atoms with Crippen LogP contribution < -0.4 is 16.2 Å². The molecule has 0 radical (unpaired) electrons. The monoisotopic (exact) mass is 412 g/mol. The van der Waals surface area contributed by atoms with Gasteiger partial charge in [-0.1, -0.05) is 23.7 Å². The van der Waals surface area contributed by atoms with Crippen LogP contribution in [0, 0.1) is 11.8 Å². The summed E-state index contributed by atoms with van der Waals surface area (Å²) in [6.45, 7) is 2.85. The lowest BCUT2D eigenvalue weighted by atomic mass is 9.71. The van der Waals surface area contributed by atoms with Gasteiger partial charge in [-0.2, -0.15) is 10.2 Å². The first-order valence-corrected chi connectivity index (χ1v) is 10.6. The Morgan fingerprint density at radius 2 is 1.93 bits per heavy atom. The molecule has 0 bridgehead atoms. The molecule has 0 spiro atoms. The van der Waals surface area contributed by atoms with Crippen molar-refractivity contribution >= 4 is 17.6 Å². The number of benzene rings is 1. The number of hydrogen-bond acceptors (Lipinski definition) is 5. The minimum absolute atomic E-state index is 0.00552. The van der Waals surface area contributed by atoms with Crippen molar-refractivity contribution in [1.82, 2.24) is 31.3 Å². The highest BCUT2D eigenvalue weighted by molar-refractivity contribution is 6.30. The van der Waals surface area contributed by atoms with E-state index in [9.17, 15) is 4.79 Å². The number of nitrogens with one attached hydrogen (secondary N) is 3. The Morgan fingerprint density at radius 1 is 1.10 bits per heavy atom. The molecule has 6 atom stereocenters. The smallest absolute Gasteiger partial charge is 0.318 e. The lowest BCUT2D eigenvalue weighted by molar-refractivity contribution is 0.0835. The van der Waals surface area contributed by atoms with Crippen molar-refractivity contribution in [2.45, 2.75) is 43.9 Å². The molecular weight excluding hydrogens is 388 g/mol. The van der Waals surface area contributed by atoms with E-state index in [0.29, 0.717) is 22.9 Å². The fourth-order valence-corrected chi connectivity index (χ4v) is 5.31. The van der Waals surface area contributed by atoms with Crippen LogP contribution in [0.3, 0.4) is 0 Å². The Kier molecular flexibility index (Phi) is 4.89. The molecule has 2 aliphatic heterocycles. The molecule has 7 nitrogen and oxygen atoms in total. The van der Waals surface area contributed by atoms with E-state index in [1.54, 1.807) is 6.20 Å². The van der Waals surface area contributed by atoms with Gasteiger partial charge in [-0.3, -0.25) is 5.43 Å². The van der Waals surface area contributed by atoms with E-state index in [0.717, 1.165) is 30.5 Å². The quantitative estimate of drug-likeness (QED) is 0.722. The zero-order valence-corrected chi connectivity index (χ0v) is 17.0. The largest absolute Gasteiger partial charge is 0.335 e. The SMILES string of the molecule is C[C@H](c1ccc(Cl)cc1)N1CC2CC3C(CC2NC1=O)NNC3c1ccnnc1. The van der Waals surface area contributed by atoms with E-state index in [4.69, 9.17) is 11.6 Å². The van der Waals surface area contributed by atoms with E-state index >= 15 is 0 Å². The lowest BCUT2D eigenvalue weighted by Crippen LogP contribution is -2.61. The van der Waals surface area contributed by atoms with Gasteiger partial charge in [0, 0.05) is 29.8 Å². The molecule has 3 fully saturated rings. The minimum Gasteiger partial charge on any atom is -0.335 e. The minimum atomic E-state index is 0.00552. The first-order valence-electron chi connectivity index (χ1n) is 10.2. The second kappa shape index (κ2) is 7.55. The Balaban J connectivity index is 1.33. The van der Waals surface area contributed by atoms with Crippen LogP contribution in [0.25, 0.3) is 0 Å². The molecule has 152 valence electrons. The van der Waals surface area contributed by atoms with Crippen molar-refractivity contribution in [3.63, 3.8) is 0 Å². The van der Waals surface area contributed by atoms with Crippen LogP contribution in [0.1, 0.15) is 43.0 Å². The summed E-state index contributed by atoms with van der Waals surface area (Å²) < 4.78 is 0. The number of aromatic nitrogens is 2. The summed E-state index contributed by atoms with van der Waals surface area (Å²) in [6.07, 6.45) is 5.57. The van der Waals surface area contributed by atoms with E-state index < -0.39 is 0 Å². The number of hydrazine groups is 1. The van der Waals surface area contributed by atoms with Gasteiger partial charge in [0.1, 0.15) is 0 Å². The van der Waals surface area contributed by atoms with Gasteiger partial charge in [0.05, 0.1) is 18.3 Å². The number of halogens is 1. The molecule has 5 unspecified atom stereocenters. The Labute approximate surface area is 175 Å². The molecule has 3 heterocycles. The van der Waals surface area contributed by atoms with Crippen molar-refractivity contribution in [2.75, 3.05) is 6.54 Å². The van der Waals surface area contributed by atoms with Crippen LogP contribution in [-0.2, 0) is 0 Å². The van der Waals surface area contributed by atoms with Gasteiger partial charge < -0.3 is 10.2 Å². The zero-order chi connectivity index (χ0) is 20.0. The highest BCUT2D eigenvalue weighted by Gasteiger charge is 2.48. The number of nitrogens with zero attached hydrogens (tertiary/aromatic N) is 3. The van der Waals surface area contributed by atoms with Crippen LogP contribution in [0.15, 0.2) is 42.7 Å². The van der Waals surface area contributed by atoms with E-state index in [2.05, 4.69) is 33.3 Å². The third-order valence-corrected chi connectivity index (χ3v) is 7.06. The maximum Gasteiger partial charge on any atom is 0.318 e. The molecule has 1 saturated carbocycles. The van der Waals surface area contributed by atoms with E-state index in [1.165, 1.54) is 0 Å². The second-order valence-electron chi connectivity index (χ2n) is 8.38. The summed E-state index contributed by atoms with van der Waals surface area (Å²) >= 11 is 6.02. The average Bonchev–Trinajstić information content (AvgIpc) is 3.15. The molecule has 1 aromatic heterocycles. The average molecular weight is 413 g/mol. The summed E-state index contributed by atoms with van der Waals surface area (Å²) in [5.41, 5.74) is 9.14. The third kappa shape index (κ3) is 3.47. The molecule has 3 N–H and O–H groups in total. The summed E-state index contributed by atoms with van der Waals surface area (Å²) in [5.74, 6) is 0.880. The molecule has 1 aliphatic carbocycles. The number of carbonyl (C=O) groups excluding carboxylic acids is 1. The van der Waals surface area contributed by atoms with Gasteiger partial charge in [0.25, 0.3) is 0 Å². The highest BCUT2D eigenvalue weighted by Crippen LogP contribution is 2.42. The molecule has 29 heavy (non-hydrogen) atoms. The van der Waals surface area contributed by atoms with Gasteiger partial charge in [-0.25, -0.2) is 10.2 Å². The number of urea groups is 1. The van der Waals surface area contributed by atoms with Crippen LogP contribution in [0.5, 0.6) is 0 Å². The fraction of sp³-hybridized carbons (Fsp3) is 0.476. The van der Waals surface area contributed by atoms with Crippen LogP contribution in [0.2, 0.25) is 5.02 Å².